The van der Waals surface area contributed by atoms with Gasteiger partial charge in [-0.1, -0.05) is 23.7 Å². The summed E-state index contributed by atoms with van der Waals surface area (Å²) in [5.74, 6) is -2.14. The summed E-state index contributed by atoms with van der Waals surface area (Å²) < 4.78 is 4.99. The highest BCUT2D eigenvalue weighted by molar-refractivity contribution is 6.34. The average Bonchev–Trinajstić information content (AvgIpc) is 2.99. The molecule has 1 N–H and O–H groups in total. The molecule has 0 aliphatic carbocycles. The number of nitro groups is 1. The zero-order valence-electron chi connectivity index (χ0n) is 16.0. The predicted octanol–water partition coefficient (Wildman–Crippen LogP) is 2.21. The van der Waals surface area contributed by atoms with Gasteiger partial charge in [-0.25, -0.2) is 0 Å². The van der Waals surface area contributed by atoms with E-state index in [1.54, 1.807) is 24.3 Å². The first-order valence-electron chi connectivity index (χ1n) is 9.12. The van der Waals surface area contributed by atoms with Crippen molar-refractivity contribution in [2.45, 2.75) is 6.42 Å². The van der Waals surface area contributed by atoms with E-state index >= 15 is 0 Å². The Morgan fingerprint density at radius 3 is 2.32 bits per heavy atom. The van der Waals surface area contributed by atoms with Gasteiger partial charge in [0.15, 0.2) is 0 Å². The number of hydrogen-bond acceptors (Lipinski definition) is 7. The van der Waals surface area contributed by atoms with Crippen molar-refractivity contribution in [1.29, 1.82) is 0 Å². The van der Waals surface area contributed by atoms with E-state index < -0.39 is 28.6 Å². The van der Waals surface area contributed by atoms with Crippen molar-refractivity contribution in [3.05, 3.63) is 74.3 Å². The van der Waals surface area contributed by atoms with Gasteiger partial charge >= 0.3 is 5.97 Å². The third-order valence-electron chi connectivity index (χ3n) is 4.48. The molecule has 11 heteroatoms. The largest absolute Gasteiger partial charge is 0.464 e. The van der Waals surface area contributed by atoms with Gasteiger partial charge < -0.3 is 10.1 Å². The van der Waals surface area contributed by atoms with Crippen LogP contribution in [0.3, 0.4) is 0 Å². The van der Waals surface area contributed by atoms with Gasteiger partial charge in [-0.15, -0.1) is 0 Å². The molecule has 0 aromatic heterocycles. The number of esters is 1. The van der Waals surface area contributed by atoms with E-state index in [0.717, 1.165) is 17.0 Å². The van der Waals surface area contributed by atoms with Gasteiger partial charge in [-0.05, 0) is 18.2 Å². The lowest BCUT2D eigenvalue weighted by atomic mass is 10.1. The van der Waals surface area contributed by atoms with Crippen LogP contribution in [0.5, 0.6) is 0 Å². The van der Waals surface area contributed by atoms with Crippen LogP contribution in [0, 0.1) is 10.1 Å². The normalized spacial score (nSPS) is 12.5. The molecule has 0 spiro atoms. The van der Waals surface area contributed by atoms with Crippen molar-refractivity contribution in [2.24, 2.45) is 0 Å². The molecular formula is C20H16ClN3O7. The first-order valence-corrected chi connectivity index (χ1v) is 9.50. The van der Waals surface area contributed by atoms with Crippen LogP contribution >= 0.6 is 11.6 Å². The van der Waals surface area contributed by atoms with E-state index in [0.29, 0.717) is 11.1 Å². The zero-order valence-corrected chi connectivity index (χ0v) is 16.8. The zero-order chi connectivity index (χ0) is 22.5. The molecule has 0 saturated heterocycles. The van der Waals surface area contributed by atoms with E-state index in [1.807, 2.05) is 0 Å². The Hall–Kier alpha value is -3.79. The minimum atomic E-state index is -0.640. The fraction of sp³-hybridized carbons (Fsp3) is 0.200. The van der Waals surface area contributed by atoms with E-state index in [9.17, 15) is 29.3 Å². The molecular weight excluding hydrogens is 430 g/mol. The highest BCUT2D eigenvalue weighted by Gasteiger charge is 2.35. The molecule has 0 radical (unpaired) electrons. The molecule has 1 heterocycles. The van der Waals surface area contributed by atoms with Crippen LogP contribution in [0.1, 0.15) is 37.5 Å². The Balaban J connectivity index is 1.41. The molecule has 0 unspecified atom stereocenters. The van der Waals surface area contributed by atoms with E-state index in [-0.39, 0.29) is 42.4 Å². The molecule has 31 heavy (non-hydrogen) atoms. The number of amides is 3. The molecule has 1 aliphatic heterocycles. The molecule has 160 valence electrons. The fourth-order valence-electron chi connectivity index (χ4n) is 2.94. The van der Waals surface area contributed by atoms with Crippen molar-refractivity contribution < 1.29 is 28.8 Å². The van der Waals surface area contributed by atoms with Crippen LogP contribution < -0.4 is 5.32 Å². The van der Waals surface area contributed by atoms with Crippen molar-refractivity contribution in [3.8, 4) is 0 Å². The first-order chi connectivity index (χ1) is 14.8. The molecule has 2 aromatic rings. The van der Waals surface area contributed by atoms with Gasteiger partial charge in [0.05, 0.1) is 39.6 Å². The van der Waals surface area contributed by atoms with Gasteiger partial charge in [-0.2, -0.15) is 0 Å². The number of ether oxygens (including phenoxy) is 1. The number of non-ortho nitro benzene ring substituents is 1. The molecule has 0 fully saturated rings. The predicted molar refractivity (Wildman–Crippen MR) is 108 cm³/mol. The lowest BCUT2D eigenvalue weighted by Gasteiger charge is -2.13. The molecule has 10 nitrogen and oxygen atoms in total. The first kappa shape index (κ1) is 21.9. The molecule has 2 aromatic carbocycles. The number of carbonyl (C=O) groups is 4. The lowest BCUT2D eigenvalue weighted by molar-refractivity contribution is -0.384. The SMILES string of the molecule is O=C(CCN1C(=O)c2ccccc2C1=O)OCCNC(=O)c1ccc([N+](=O)[O-])cc1Cl. The number of nitrogens with one attached hydrogen (secondary N) is 1. The van der Waals surface area contributed by atoms with Crippen LogP contribution in [-0.2, 0) is 9.53 Å². The molecule has 0 saturated carbocycles. The summed E-state index contributed by atoms with van der Waals surface area (Å²) in [4.78, 5) is 59.5. The summed E-state index contributed by atoms with van der Waals surface area (Å²) in [7, 11) is 0. The van der Waals surface area contributed by atoms with Crippen molar-refractivity contribution >= 4 is 41.0 Å². The van der Waals surface area contributed by atoms with Gasteiger partial charge in [0.2, 0.25) is 0 Å². The van der Waals surface area contributed by atoms with E-state index in [1.165, 1.54) is 6.07 Å². The van der Waals surface area contributed by atoms with E-state index in [2.05, 4.69) is 5.32 Å². The second kappa shape index (κ2) is 9.35. The maximum absolute atomic E-state index is 12.2. The molecule has 3 amide bonds. The summed E-state index contributed by atoms with van der Waals surface area (Å²) in [5.41, 5.74) is 0.403. The minimum Gasteiger partial charge on any atom is -0.464 e. The Labute approximate surface area is 180 Å². The van der Waals surface area contributed by atoms with Gasteiger partial charge in [0, 0.05) is 18.7 Å². The standard InChI is InChI=1S/C20H16ClN3O7/c21-16-11-12(24(29)30)5-6-15(16)18(26)22-8-10-31-17(25)7-9-23-19(27)13-3-1-2-4-14(13)20(23)28/h1-6,11H,7-10H2,(H,22,26). The Kier molecular flexibility index (Phi) is 6.61. The summed E-state index contributed by atoms with van der Waals surface area (Å²) in [5, 5.41) is 13.1. The molecule has 0 bridgehead atoms. The van der Waals surface area contributed by atoms with Crippen LogP contribution in [0.15, 0.2) is 42.5 Å². The number of halogens is 1. The average molecular weight is 446 g/mol. The Bertz CT molecular complexity index is 1050. The highest BCUT2D eigenvalue weighted by atomic mass is 35.5. The Morgan fingerprint density at radius 2 is 1.74 bits per heavy atom. The van der Waals surface area contributed by atoms with Gasteiger partial charge in [0.1, 0.15) is 6.61 Å². The topological polar surface area (TPSA) is 136 Å². The van der Waals surface area contributed by atoms with Crippen molar-refractivity contribution in [3.63, 3.8) is 0 Å². The lowest BCUT2D eigenvalue weighted by Crippen LogP contribution is -2.33. The van der Waals surface area contributed by atoms with Crippen molar-refractivity contribution in [1.82, 2.24) is 10.2 Å². The maximum atomic E-state index is 12.2. The van der Waals surface area contributed by atoms with E-state index in [4.69, 9.17) is 16.3 Å². The number of imide groups is 1. The quantitative estimate of drug-likeness (QED) is 0.216. The molecule has 3 rings (SSSR count). The van der Waals surface area contributed by atoms with Gasteiger partial charge in [-0.3, -0.25) is 34.2 Å². The van der Waals surface area contributed by atoms with Crippen LogP contribution in [0.2, 0.25) is 5.02 Å². The number of fused-ring (bicyclic) bond motifs is 1. The number of hydrogen-bond donors (Lipinski definition) is 1. The number of carbonyl (C=O) groups excluding carboxylic acids is 4. The highest BCUT2D eigenvalue weighted by Crippen LogP contribution is 2.23. The summed E-state index contributed by atoms with van der Waals surface area (Å²) in [6.45, 7) is -0.280. The second-order valence-corrected chi connectivity index (χ2v) is 6.86. The van der Waals surface area contributed by atoms with Crippen molar-refractivity contribution in [2.75, 3.05) is 19.7 Å². The maximum Gasteiger partial charge on any atom is 0.307 e. The monoisotopic (exact) mass is 445 g/mol. The van der Waals surface area contributed by atoms with Gasteiger partial charge in [0.25, 0.3) is 23.4 Å². The second-order valence-electron chi connectivity index (χ2n) is 6.46. The number of rotatable bonds is 8. The smallest absolute Gasteiger partial charge is 0.307 e. The van der Waals surface area contributed by atoms with Crippen LogP contribution in [0.4, 0.5) is 5.69 Å². The summed E-state index contributed by atoms with van der Waals surface area (Å²) >= 11 is 5.88. The Morgan fingerprint density at radius 1 is 1.10 bits per heavy atom. The van der Waals surface area contributed by atoms with Crippen LogP contribution in [0.25, 0.3) is 0 Å². The number of nitrogens with zero attached hydrogens (tertiary/aromatic N) is 2. The molecule has 0 atom stereocenters. The number of benzene rings is 2. The molecule has 1 aliphatic rings. The third kappa shape index (κ3) is 4.86. The summed E-state index contributed by atoms with van der Waals surface area (Å²) in [6.07, 6.45) is -0.187. The fourth-order valence-corrected chi connectivity index (χ4v) is 3.20. The number of nitro benzene ring substituents is 1. The third-order valence-corrected chi connectivity index (χ3v) is 4.79. The summed E-state index contributed by atoms with van der Waals surface area (Å²) in [6, 6.07) is 9.85. The minimum absolute atomic E-state index is 0.0229. The van der Waals surface area contributed by atoms with Crippen LogP contribution in [-0.4, -0.2) is 53.2 Å².